The maximum Gasteiger partial charge on any atom is 0.326 e. The second-order valence-electron chi connectivity index (χ2n) is 7.45. The molecular formula is C23H24N2O5. The summed E-state index contributed by atoms with van der Waals surface area (Å²) >= 11 is 0. The fraction of sp³-hybridized carbons (Fsp3) is 0.304. The molecule has 30 heavy (non-hydrogen) atoms. The number of esters is 1. The van der Waals surface area contributed by atoms with Crippen molar-refractivity contribution in [3.63, 3.8) is 0 Å². The first-order valence-corrected chi connectivity index (χ1v) is 9.73. The average molecular weight is 408 g/mol. The van der Waals surface area contributed by atoms with E-state index in [0.29, 0.717) is 11.1 Å². The number of ketones is 1. The van der Waals surface area contributed by atoms with Gasteiger partial charge in [0, 0.05) is 5.56 Å². The fourth-order valence-corrected chi connectivity index (χ4v) is 3.25. The van der Waals surface area contributed by atoms with Crippen molar-refractivity contribution >= 4 is 23.7 Å². The van der Waals surface area contributed by atoms with Gasteiger partial charge in [-0.2, -0.15) is 0 Å². The normalized spacial score (nSPS) is 18.3. The minimum absolute atomic E-state index is 0.354. The van der Waals surface area contributed by atoms with Crippen molar-refractivity contribution < 1.29 is 23.9 Å². The standard InChI is InChI=1S/C23H24N2O5/c1-4-16-7-9-17(10-8-16)19(26)14-30-20(27)13-25-21(28)23(3,24-22(25)29)18-11-5-15(2)6-12-18/h5-12H,4,13-14H2,1-3H3,(H,24,29)/t23-/m0/s1. The van der Waals surface area contributed by atoms with E-state index in [0.717, 1.165) is 22.4 Å². The molecule has 0 bridgehead atoms. The number of hydrogen-bond donors (Lipinski definition) is 1. The molecule has 0 spiro atoms. The van der Waals surface area contributed by atoms with Gasteiger partial charge >= 0.3 is 12.0 Å². The Kier molecular flexibility index (Phi) is 6.01. The zero-order chi connectivity index (χ0) is 21.9. The van der Waals surface area contributed by atoms with Crippen LogP contribution in [0.25, 0.3) is 0 Å². The molecule has 156 valence electrons. The van der Waals surface area contributed by atoms with Crippen LogP contribution in [0.4, 0.5) is 4.79 Å². The van der Waals surface area contributed by atoms with Crippen LogP contribution in [0, 0.1) is 6.92 Å². The summed E-state index contributed by atoms with van der Waals surface area (Å²) in [7, 11) is 0. The lowest BCUT2D eigenvalue weighted by Gasteiger charge is -2.22. The van der Waals surface area contributed by atoms with Crippen molar-refractivity contribution in [1.29, 1.82) is 0 Å². The summed E-state index contributed by atoms with van der Waals surface area (Å²) in [4.78, 5) is 50.3. The van der Waals surface area contributed by atoms with E-state index in [9.17, 15) is 19.2 Å². The lowest BCUT2D eigenvalue weighted by atomic mass is 9.91. The van der Waals surface area contributed by atoms with E-state index in [1.165, 1.54) is 0 Å². The van der Waals surface area contributed by atoms with Crippen molar-refractivity contribution in [2.45, 2.75) is 32.7 Å². The van der Waals surface area contributed by atoms with Crippen LogP contribution < -0.4 is 5.32 Å². The number of carbonyl (C=O) groups is 4. The topological polar surface area (TPSA) is 92.8 Å². The van der Waals surface area contributed by atoms with Crippen LogP contribution in [0.15, 0.2) is 48.5 Å². The summed E-state index contributed by atoms with van der Waals surface area (Å²) in [5, 5.41) is 2.64. The monoisotopic (exact) mass is 408 g/mol. The Morgan fingerprint density at radius 2 is 1.67 bits per heavy atom. The first-order valence-electron chi connectivity index (χ1n) is 9.73. The number of Topliss-reactive ketones (excluding diaryl/α,β-unsaturated/α-hetero) is 1. The second-order valence-corrected chi connectivity index (χ2v) is 7.45. The SMILES string of the molecule is CCc1ccc(C(=O)COC(=O)CN2C(=O)N[C@@](C)(c3ccc(C)cc3)C2=O)cc1. The molecule has 1 aliphatic rings. The third kappa shape index (κ3) is 4.25. The van der Waals surface area contributed by atoms with Crippen LogP contribution in [0.5, 0.6) is 0 Å². The van der Waals surface area contributed by atoms with E-state index in [4.69, 9.17) is 4.74 Å². The van der Waals surface area contributed by atoms with E-state index in [1.807, 2.05) is 38.1 Å². The van der Waals surface area contributed by atoms with Gasteiger partial charge in [-0.05, 0) is 31.4 Å². The van der Waals surface area contributed by atoms with Gasteiger partial charge in [-0.15, -0.1) is 0 Å². The number of hydrogen-bond acceptors (Lipinski definition) is 5. The van der Waals surface area contributed by atoms with Crippen LogP contribution in [0.2, 0.25) is 0 Å². The summed E-state index contributed by atoms with van der Waals surface area (Å²) in [6, 6.07) is 13.6. The summed E-state index contributed by atoms with van der Waals surface area (Å²) in [5.41, 5.74) is 1.91. The molecule has 7 heteroatoms. The number of carbonyl (C=O) groups excluding carboxylic acids is 4. The summed E-state index contributed by atoms with van der Waals surface area (Å²) < 4.78 is 5.00. The van der Waals surface area contributed by atoms with Crippen LogP contribution in [0.1, 0.15) is 40.9 Å². The van der Waals surface area contributed by atoms with Gasteiger partial charge in [-0.25, -0.2) is 4.79 Å². The molecule has 2 aromatic rings. The Balaban J connectivity index is 1.60. The largest absolute Gasteiger partial charge is 0.456 e. The van der Waals surface area contributed by atoms with E-state index < -0.39 is 36.6 Å². The first kappa shape index (κ1) is 21.2. The van der Waals surface area contributed by atoms with E-state index >= 15 is 0 Å². The fourth-order valence-electron chi connectivity index (χ4n) is 3.25. The van der Waals surface area contributed by atoms with Gasteiger partial charge in [0.15, 0.2) is 12.4 Å². The minimum atomic E-state index is -1.26. The molecule has 0 aromatic heterocycles. The Morgan fingerprint density at radius 3 is 2.27 bits per heavy atom. The van der Waals surface area contributed by atoms with Gasteiger partial charge in [0.25, 0.3) is 5.91 Å². The molecule has 1 aliphatic heterocycles. The van der Waals surface area contributed by atoms with Crippen LogP contribution in [0.3, 0.4) is 0 Å². The van der Waals surface area contributed by atoms with Crippen LogP contribution in [-0.2, 0) is 26.3 Å². The molecule has 0 radical (unpaired) electrons. The Bertz CT molecular complexity index is 982. The maximum absolute atomic E-state index is 12.8. The molecule has 1 atom stereocenters. The lowest BCUT2D eigenvalue weighted by Crippen LogP contribution is -2.41. The van der Waals surface area contributed by atoms with Gasteiger partial charge in [0.1, 0.15) is 12.1 Å². The number of benzene rings is 2. The van der Waals surface area contributed by atoms with Gasteiger partial charge in [-0.3, -0.25) is 19.3 Å². The molecule has 1 saturated heterocycles. The van der Waals surface area contributed by atoms with Crippen LogP contribution in [-0.4, -0.2) is 41.7 Å². The van der Waals surface area contributed by atoms with Gasteiger partial charge < -0.3 is 10.1 Å². The van der Waals surface area contributed by atoms with Crippen LogP contribution >= 0.6 is 0 Å². The predicted molar refractivity (Wildman–Crippen MR) is 110 cm³/mol. The number of amides is 3. The molecule has 0 unspecified atom stereocenters. The summed E-state index contributed by atoms with van der Waals surface area (Å²) in [5.74, 6) is -1.73. The number of nitrogens with zero attached hydrogens (tertiary/aromatic N) is 1. The summed E-state index contributed by atoms with van der Waals surface area (Å²) in [6.45, 7) is 4.51. The highest BCUT2D eigenvalue weighted by molar-refractivity contribution is 6.09. The first-order chi connectivity index (χ1) is 14.2. The van der Waals surface area contributed by atoms with Crippen molar-refractivity contribution in [2.24, 2.45) is 0 Å². The Labute approximate surface area is 175 Å². The Hall–Kier alpha value is -3.48. The number of rotatable bonds is 7. The third-order valence-electron chi connectivity index (χ3n) is 5.24. The highest BCUT2D eigenvalue weighted by Crippen LogP contribution is 2.28. The number of ether oxygens (including phenoxy) is 1. The molecule has 1 heterocycles. The zero-order valence-corrected chi connectivity index (χ0v) is 17.2. The molecule has 0 aliphatic carbocycles. The smallest absolute Gasteiger partial charge is 0.326 e. The molecule has 1 fully saturated rings. The predicted octanol–water partition coefficient (Wildman–Crippen LogP) is 2.75. The average Bonchev–Trinajstić information content (AvgIpc) is 2.96. The maximum atomic E-state index is 12.8. The van der Waals surface area contributed by atoms with Crippen molar-refractivity contribution in [1.82, 2.24) is 10.2 Å². The minimum Gasteiger partial charge on any atom is -0.456 e. The number of nitrogens with one attached hydrogen (secondary N) is 1. The molecule has 2 aromatic carbocycles. The van der Waals surface area contributed by atoms with E-state index in [2.05, 4.69) is 5.32 Å². The molecular weight excluding hydrogens is 384 g/mol. The van der Waals surface area contributed by atoms with Gasteiger partial charge in [0.05, 0.1) is 0 Å². The number of aryl methyl sites for hydroxylation is 2. The molecule has 0 saturated carbocycles. The highest BCUT2D eigenvalue weighted by Gasteiger charge is 2.49. The highest BCUT2D eigenvalue weighted by atomic mass is 16.5. The van der Waals surface area contributed by atoms with E-state index in [-0.39, 0.29) is 5.78 Å². The molecule has 3 rings (SSSR count). The second kappa shape index (κ2) is 8.49. The third-order valence-corrected chi connectivity index (χ3v) is 5.24. The van der Waals surface area contributed by atoms with Gasteiger partial charge in [-0.1, -0.05) is 61.0 Å². The number of urea groups is 1. The quantitative estimate of drug-likeness (QED) is 0.432. The van der Waals surface area contributed by atoms with Crippen molar-refractivity contribution in [3.8, 4) is 0 Å². The molecule has 7 nitrogen and oxygen atoms in total. The number of imide groups is 1. The zero-order valence-electron chi connectivity index (χ0n) is 17.2. The molecule has 3 amide bonds. The molecule has 1 N–H and O–H groups in total. The lowest BCUT2D eigenvalue weighted by molar-refractivity contribution is -0.146. The van der Waals surface area contributed by atoms with E-state index in [1.54, 1.807) is 31.2 Å². The van der Waals surface area contributed by atoms with Gasteiger partial charge in [0.2, 0.25) is 0 Å². The summed E-state index contributed by atoms with van der Waals surface area (Å²) in [6.07, 6.45) is 0.858. The van der Waals surface area contributed by atoms with Crippen molar-refractivity contribution in [3.05, 3.63) is 70.8 Å². The Morgan fingerprint density at radius 1 is 1.03 bits per heavy atom. The van der Waals surface area contributed by atoms with Crippen molar-refractivity contribution in [2.75, 3.05) is 13.2 Å².